The lowest BCUT2D eigenvalue weighted by molar-refractivity contribution is 0.287. The van der Waals surface area contributed by atoms with E-state index in [1.807, 2.05) is 20.0 Å². The van der Waals surface area contributed by atoms with E-state index in [4.69, 9.17) is 9.47 Å². The Kier molecular flexibility index (Phi) is 9.97. The van der Waals surface area contributed by atoms with Gasteiger partial charge in [0, 0.05) is 26.7 Å². The fourth-order valence-corrected chi connectivity index (χ4v) is 3.61. The first-order valence-electron chi connectivity index (χ1n) is 10.6. The smallest absolute Gasteiger partial charge is 0.190 e. The Bertz CT molecular complexity index is 600. The first-order valence-corrected chi connectivity index (χ1v) is 10.6. The van der Waals surface area contributed by atoms with Gasteiger partial charge in [0.05, 0.1) is 13.7 Å². The number of benzene rings is 1. The van der Waals surface area contributed by atoms with Gasteiger partial charge in [-0.3, -0.25) is 4.99 Å². The molecule has 0 aromatic heterocycles. The molecule has 6 heteroatoms. The summed E-state index contributed by atoms with van der Waals surface area (Å²) < 4.78 is 11.0. The maximum atomic E-state index is 5.66. The summed E-state index contributed by atoms with van der Waals surface area (Å²) in [5.74, 6) is 3.11. The predicted octanol–water partition coefficient (Wildman–Crippen LogP) is 2.92. The molecule has 0 spiro atoms. The molecule has 1 fully saturated rings. The summed E-state index contributed by atoms with van der Waals surface area (Å²) in [5.41, 5.74) is 1.26. The number of hydrogen-bond acceptors (Lipinski definition) is 4. The monoisotopic (exact) mass is 390 g/mol. The van der Waals surface area contributed by atoms with Crippen LogP contribution in [-0.2, 0) is 6.42 Å². The fourth-order valence-electron chi connectivity index (χ4n) is 3.61. The van der Waals surface area contributed by atoms with Gasteiger partial charge in [0.15, 0.2) is 17.5 Å². The molecule has 1 aliphatic heterocycles. The van der Waals surface area contributed by atoms with Crippen molar-refractivity contribution in [2.24, 2.45) is 10.9 Å². The van der Waals surface area contributed by atoms with Gasteiger partial charge in [0.25, 0.3) is 0 Å². The van der Waals surface area contributed by atoms with E-state index in [-0.39, 0.29) is 0 Å². The molecule has 2 N–H and O–H groups in total. The van der Waals surface area contributed by atoms with Crippen molar-refractivity contribution < 1.29 is 9.47 Å². The van der Waals surface area contributed by atoms with E-state index in [1.165, 1.54) is 38.0 Å². The normalized spacial score (nSPS) is 16.1. The Labute approximate surface area is 170 Å². The molecule has 0 amide bonds. The van der Waals surface area contributed by atoms with E-state index < -0.39 is 0 Å². The topological polar surface area (TPSA) is 58.1 Å². The number of methoxy groups -OCH3 is 1. The van der Waals surface area contributed by atoms with Crippen LogP contribution in [-0.4, -0.2) is 64.3 Å². The average molecular weight is 391 g/mol. The van der Waals surface area contributed by atoms with E-state index in [1.54, 1.807) is 7.11 Å². The van der Waals surface area contributed by atoms with Crippen LogP contribution in [0.2, 0.25) is 0 Å². The van der Waals surface area contributed by atoms with E-state index in [2.05, 4.69) is 39.6 Å². The molecule has 1 aliphatic rings. The Morgan fingerprint density at radius 1 is 1.21 bits per heavy atom. The Morgan fingerprint density at radius 3 is 2.68 bits per heavy atom. The second-order valence-corrected chi connectivity index (χ2v) is 7.51. The summed E-state index contributed by atoms with van der Waals surface area (Å²) >= 11 is 0. The highest BCUT2D eigenvalue weighted by atomic mass is 16.5. The van der Waals surface area contributed by atoms with Gasteiger partial charge in [0.1, 0.15) is 0 Å². The minimum Gasteiger partial charge on any atom is -0.493 e. The van der Waals surface area contributed by atoms with Gasteiger partial charge in [-0.15, -0.1) is 0 Å². The van der Waals surface area contributed by atoms with E-state index in [0.29, 0.717) is 12.5 Å². The number of rotatable bonds is 11. The lowest BCUT2D eigenvalue weighted by Crippen LogP contribution is -2.41. The summed E-state index contributed by atoms with van der Waals surface area (Å²) in [4.78, 5) is 6.91. The Morgan fingerprint density at radius 2 is 2.00 bits per heavy atom. The molecule has 1 saturated heterocycles. The Hall–Kier alpha value is -1.95. The summed E-state index contributed by atoms with van der Waals surface area (Å²) in [7, 11) is 3.50. The lowest BCUT2D eigenvalue weighted by atomic mass is 10.1. The summed E-state index contributed by atoms with van der Waals surface area (Å²) in [6.45, 7) is 10.5. The maximum absolute atomic E-state index is 5.66. The molecule has 158 valence electrons. The van der Waals surface area contributed by atoms with Crippen LogP contribution in [0.5, 0.6) is 11.5 Å². The standard InChI is InChI=1S/C22H38N4O2/c1-5-28-21-15-19(10-11-20(21)27-4)9-8-12-24-22(23-3)25-16-18(2)17-26-13-6-7-14-26/h10-11,15,18H,5-9,12-14,16-17H2,1-4H3,(H2,23,24,25). The number of nitrogens with zero attached hydrogens (tertiary/aromatic N) is 2. The lowest BCUT2D eigenvalue weighted by Gasteiger charge is -2.21. The van der Waals surface area contributed by atoms with Gasteiger partial charge >= 0.3 is 0 Å². The first-order chi connectivity index (χ1) is 13.7. The number of hydrogen-bond donors (Lipinski definition) is 2. The number of likely N-dealkylation sites (tertiary alicyclic amines) is 1. The highest BCUT2D eigenvalue weighted by Crippen LogP contribution is 2.28. The van der Waals surface area contributed by atoms with E-state index >= 15 is 0 Å². The summed E-state index contributed by atoms with van der Waals surface area (Å²) in [6.07, 6.45) is 4.72. The number of guanidine groups is 1. The van der Waals surface area contributed by atoms with Crippen molar-refractivity contribution in [3.63, 3.8) is 0 Å². The molecule has 0 radical (unpaired) electrons. The zero-order valence-electron chi connectivity index (χ0n) is 18.1. The number of ether oxygens (including phenoxy) is 2. The SMILES string of the molecule is CCOc1cc(CCCNC(=NC)NCC(C)CN2CCCC2)ccc1OC. The maximum Gasteiger partial charge on any atom is 0.190 e. The molecule has 1 heterocycles. The molecule has 6 nitrogen and oxygen atoms in total. The van der Waals surface area contributed by atoms with Gasteiger partial charge in [-0.25, -0.2) is 0 Å². The fraction of sp³-hybridized carbons (Fsp3) is 0.682. The van der Waals surface area contributed by atoms with Gasteiger partial charge in [-0.1, -0.05) is 13.0 Å². The third-order valence-corrected chi connectivity index (χ3v) is 5.07. The van der Waals surface area contributed by atoms with Crippen LogP contribution in [0.15, 0.2) is 23.2 Å². The zero-order valence-corrected chi connectivity index (χ0v) is 18.1. The van der Waals surface area contributed by atoms with Crippen molar-refractivity contribution in [1.29, 1.82) is 0 Å². The molecular formula is C22H38N4O2. The van der Waals surface area contributed by atoms with E-state index in [9.17, 15) is 0 Å². The molecule has 1 unspecified atom stereocenters. The average Bonchev–Trinajstić information content (AvgIpc) is 3.21. The van der Waals surface area contributed by atoms with Gasteiger partial charge in [0.2, 0.25) is 0 Å². The van der Waals surface area contributed by atoms with Gasteiger partial charge in [-0.2, -0.15) is 0 Å². The molecule has 28 heavy (non-hydrogen) atoms. The number of nitrogens with one attached hydrogen (secondary N) is 2. The minimum absolute atomic E-state index is 0.618. The molecule has 0 bridgehead atoms. The predicted molar refractivity (Wildman–Crippen MR) is 117 cm³/mol. The van der Waals surface area contributed by atoms with Crippen LogP contribution in [0.4, 0.5) is 0 Å². The third kappa shape index (κ3) is 7.58. The molecule has 1 aromatic rings. The van der Waals surface area contributed by atoms with Crippen molar-refractivity contribution in [3.8, 4) is 11.5 Å². The van der Waals surface area contributed by atoms with Crippen molar-refractivity contribution in [2.75, 3.05) is 53.5 Å². The molecular weight excluding hydrogens is 352 g/mol. The third-order valence-electron chi connectivity index (χ3n) is 5.07. The highest BCUT2D eigenvalue weighted by molar-refractivity contribution is 5.79. The summed E-state index contributed by atoms with van der Waals surface area (Å²) in [6, 6.07) is 6.17. The van der Waals surface area contributed by atoms with E-state index in [0.717, 1.165) is 43.4 Å². The largest absolute Gasteiger partial charge is 0.493 e. The van der Waals surface area contributed by atoms with Crippen molar-refractivity contribution in [1.82, 2.24) is 15.5 Å². The molecule has 0 saturated carbocycles. The quantitative estimate of drug-likeness (QED) is 0.346. The minimum atomic E-state index is 0.618. The Balaban J connectivity index is 1.67. The second kappa shape index (κ2) is 12.5. The van der Waals surface area contributed by atoms with Crippen molar-refractivity contribution >= 4 is 5.96 Å². The summed E-state index contributed by atoms with van der Waals surface area (Å²) in [5, 5.41) is 6.88. The number of aliphatic imine (C=N–C) groups is 1. The van der Waals surface area contributed by atoms with Crippen LogP contribution in [0.25, 0.3) is 0 Å². The molecule has 2 rings (SSSR count). The van der Waals surface area contributed by atoms with Gasteiger partial charge < -0.3 is 25.0 Å². The van der Waals surface area contributed by atoms with Crippen LogP contribution in [0, 0.1) is 5.92 Å². The number of aryl methyl sites for hydroxylation is 1. The van der Waals surface area contributed by atoms with Crippen LogP contribution >= 0.6 is 0 Å². The zero-order chi connectivity index (χ0) is 20.2. The van der Waals surface area contributed by atoms with Gasteiger partial charge in [-0.05, 0) is 69.3 Å². The second-order valence-electron chi connectivity index (χ2n) is 7.51. The van der Waals surface area contributed by atoms with Crippen LogP contribution in [0.1, 0.15) is 38.7 Å². The van der Waals surface area contributed by atoms with Crippen molar-refractivity contribution in [3.05, 3.63) is 23.8 Å². The molecule has 0 aliphatic carbocycles. The van der Waals surface area contributed by atoms with Crippen molar-refractivity contribution in [2.45, 2.75) is 39.5 Å². The molecule has 1 aromatic carbocycles. The van der Waals surface area contributed by atoms with Crippen LogP contribution < -0.4 is 20.1 Å². The highest BCUT2D eigenvalue weighted by Gasteiger charge is 2.14. The first kappa shape index (κ1) is 22.3. The van der Waals surface area contributed by atoms with Crippen LogP contribution in [0.3, 0.4) is 0 Å². The molecule has 1 atom stereocenters.